The van der Waals surface area contributed by atoms with Gasteiger partial charge in [-0.3, -0.25) is 0 Å². The van der Waals surface area contributed by atoms with Crippen LogP contribution in [0.15, 0.2) is 30.3 Å². The Morgan fingerprint density at radius 1 is 0.846 bits per heavy atom. The van der Waals surface area contributed by atoms with E-state index in [2.05, 4.69) is 0 Å². The molecule has 12 heteroatoms. The highest BCUT2D eigenvalue weighted by Gasteiger charge is 2.45. The third-order valence-electron chi connectivity index (χ3n) is 7.33. The number of rotatable bonds is 10. The fraction of sp³-hybridized carbons (Fsp3) is 0.556. The molecule has 0 radical (unpaired) electrons. The van der Waals surface area contributed by atoms with E-state index in [0.717, 1.165) is 5.56 Å². The summed E-state index contributed by atoms with van der Waals surface area (Å²) >= 11 is 0. The largest absolute Gasteiger partial charge is 0.504 e. The molecule has 0 amide bonds. The van der Waals surface area contributed by atoms with E-state index < -0.39 is 43.4 Å². The van der Waals surface area contributed by atoms with Crippen molar-refractivity contribution in [3.8, 4) is 28.7 Å². The average Bonchev–Trinajstić information content (AvgIpc) is 3.36. The molecule has 4 rings (SSSR count). The van der Waals surface area contributed by atoms with E-state index >= 15 is 0 Å². The molecule has 2 aliphatic heterocycles. The van der Waals surface area contributed by atoms with Crippen LogP contribution in [0.3, 0.4) is 0 Å². The van der Waals surface area contributed by atoms with Crippen molar-refractivity contribution in [2.45, 2.75) is 43.2 Å². The van der Waals surface area contributed by atoms with Crippen molar-refractivity contribution >= 4 is 0 Å². The summed E-state index contributed by atoms with van der Waals surface area (Å²) in [7, 11) is 4.31. The lowest BCUT2D eigenvalue weighted by Crippen LogP contribution is -2.60. The molecule has 12 nitrogen and oxygen atoms in total. The topological polar surface area (TPSA) is 177 Å². The number of aliphatic hydroxyl groups is 5. The molecule has 2 aromatic carbocycles. The summed E-state index contributed by atoms with van der Waals surface area (Å²) in [5, 5.41) is 60.2. The number of phenols is 1. The molecule has 0 spiro atoms. The van der Waals surface area contributed by atoms with E-state index in [1.165, 1.54) is 21.3 Å². The highest BCUT2D eigenvalue weighted by molar-refractivity contribution is 5.54. The first-order valence-electron chi connectivity index (χ1n) is 12.6. The second kappa shape index (κ2) is 12.6. The molecule has 8 atom stereocenters. The quantitative estimate of drug-likeness (QED) is 0.235. The summed E-state index contributed by atoms with van der Waals surface area (Å²) in [6.45, 7) is -0.358. The lowest BCUT2D eigenvalue weighted by atomic mass is 9.84. The van der Waals surface area contributed by atoms with Crippen LogP contribution in [0, 0.1) is 11.8 Å². The molecule has 0 aliphatic carbocycles. The Balaban J connectivity index is 1.57. The van der Waals surface area contributed by atoms with Crippen molar-refractivity contribution in [1.82, 2.24) is 0 Å². The molecular formula is C27H36O12. The zero-order valence-electron chi connectivity index (χ0n) is 22.0. The third-order valence-corrected chi connectivity index (χ3v) is 7.33. The summed E-state index contributed by atoms with van der Waals surface area (Å²) in [5.41, 5.74) is 1.59. The van der Waals surface area contributed by atoms with Gasteiger partial charge in [0.25, 0.3) is 0 Å². The van der Waals surface area contributed by atoms with E-state index in [1.54, 1.807) is 30.3 Å². The zero-order valence-corrected chi connectivity index (χ0v) is 22.0. The SMILES string of the molecule is COc1cc(C[C@@H]2CO[C@H](c3cc(OC)c(O[C@@H]4O[C@H](CO)[C@@H](O)[C@H](O)[C@H]4O)c(OC)c3)[C@H]2CO)ccc1O. The van der Waals surface area contributed by atoms with Gasteiger partial charge in [-0.2, -0.15) is 0 Å². The van der Waals surface area contributed by atoms with Gasteiger partial charge in [0.1, 0.15) is 24.4 Å². The molecule has 0 aromatic heterocycles. The summed E-state index contributed by atoms with van der Waals surface area (Å²) in [5.74, 6) is 0.618. The Labute approximate surface area is 225 Å². The first-order chi connectivity index (χ1) is 18.8. The standard InChI is InChI=1S/C27H36O12/c1-34-18-7-13(4-5-17(18)30)6-15-12-37-25(16(15)10-28)14-8-19(35-2)26(20(9-14)36-3)39-27-24(33)23(32)22(31)21(11-29)38-27/h4-5,7-9,15-16,21-25,27-33H,6,10-12H2,1-3H3/t15-,16+,21-,22-,23+,24-,25-,27+/m1/s1. The van der Waals surface area contributed by atoms with Crippen LogP contribution in [0.4, 0.5) is 0 Å². The number of hydrogen-bond acceptors (Lipinski definition) is 12. The Morgan fingerprint density at radius 3 is 2.10 bits per heavy atom. The minimum Gasteiger partial charge on any atom is -0.504 e. The third kappa shape index (κ3) is 5.87. The predicted octanol–water partition coefficient (Wildman–Crippen LogP) is 0.135. The zero-order chi connectivity index (χ0) is 28.3. The summed E-state index contributed by atoms with van der Waals surface area (Å²) < 4.78 is 33.7. The number of aromatic hydroxyl groups is 1. The van der Waals surface area contributed by atoms with Crippen LogP contribution < -0.4 is 18.9 Å². The number of aliphatic hydroxyl groups excluding tert-OH is 5. The van der Waals surface area contributed by atoms with Gasteiger partial charge in [-0.15, -0.1) is 0 Å². The molecule has 2 heterocycles. The normalized spacial score (nSPS) is 30.7. The highest BCUT2D eigenvalue weighted by Crippen LogP contribution is 2.47. The minimum absolute atomic E-state index is 0.0312. The molecule has 39 heavy (non-hydrogen) atoms. The van der Waals surface area contributed by atoms with Crippen molar-refractivity contribution in [2.75, 3.05) is 41.2 Å². The Bertz CT molecular complexity index is 1080. The number of benzene rings is 2. The number of hydrogen-bond donors (Lipinski definition) is 6. The van der Waals surface area contributed by atoms with Gasteiger partial charge in [0, 0.05) is 12.5 Å². The van der Waals surface area contributed by atoms with Crippen molar-refractivity contribution < 1.29 is 59.1 Å². The van der Waals surface area contributed by atoms with Gasteiger partial charge in [-0.05, 0) is 47.7 Å². The summed E-state index contributed by atoms with van der Waals surface area (Å²) in [6, 6.07) is 8.47. The second-order valence-corrected chi connectivity index (χ2v) is 9.64. The molecule has 2 aromatic rings. The fourth-order valence-corrected chi connectivity index (χ4v) is 5.13. The van der Waals surface area contributed by atoms with Crippen molar-refractivity contribution in [1.29, 1.82) is 0 Å². The average molecular weight is 553 g/mol. The molecule has 0 saturated carbocycles. The monoisotopic (exact) mass is 552 g/mol. The number of methoxy groups -OCH3 is 3. The van der Waals surface area contributed by atoms with Crippen LogP contribution in [0.25, 0.3) is 0 Å². The lowest BCUT2D eigenvalue weighted by molar-refractivity contribution is -0.277. The van der Waals surface area contributed by atoms with Crippen LogP contribution in [-0.4, -0.2) is 102 Å². The first-order valence-corrected chi connectivity index (χ1v) is 12.6. The Morgan fingerprint density at radius 2 is 1.51 bits per heavy atom. The van der Waals surface area contributed by atoms with Crippen molar-refractivity contribution in [3.63, 3.8) is 0 Å². The van der Waals surface area contributed by atoms with E-state index in [-0.39, 0.29) is 41.4 Å². The maximum absolute atomic E-state index is 10.4. The van der Waals surface area contributed by atoms with Crippen molar-refractivity contribution in [2.24, 2.45) is 11.8 Å². The highest BCUT2D eigenvalue weighted by atomic mass is 16.7. The lowest BCUT2D eigenvalue weighted by Gasteiger charge is -2.39. The summed E-state index contributed by atoms with van der Waals surface area (Å²) in [4.78, 5) is 0. The molecule has 0 unspecified atom stereocenters. The molecule has 2 fully saturated rings. The van der Waals surface area contributed by atoms with E-state index in [9.17, 15) is 30.6 Å². The summed E-state index contributed by atoms with van der Waals surface area (Å²) in [6.07, 6.45) is -7.25. The predicted molar refractivity (Wildman–Crippen MR) is 135 cm³/mol. The maximum atomic E-state index is 10.4. The van der Waals surface area contributed by atoms with Gasteiger partial charge < -0.3 is 59.1 Å². The first kappa shape index (κ1) is 29.2. The van der Waals surface area contributed by atoms with Gasteiger partial charge in [0.15, 0.2) is 23.0 Å². The molecule has 216 valence electrons. The van der Waals surface area contributed by atoms with Crippen molar-refractivity contribution in [3.05, 3.63) is 41.5 Å². The van der Waals surface area contributed by atoms with Crippen LogP contribution in [0.5, 0.6) is 28.7 Å². The smallest absolute Gasteiger partial charge is 0.229 e. The minimum atomic E-state index is -1.62. The van der Waals surface area contributed by atoms with E-state index in [4.69, 9.17) is 28.4 Å². The molecule has 0 bridgehead atoms. The molecule has 2 aliphatic rings. The maximum Gasteiger partial charge on any atom is 0.229 e. The van der Waals surface area contributed by atoms with Gasteiger partial charge in [-0.25, -0.2) is 0 Å². The van der Waals surface area contributed by atoms with Crippen LogP contribution in [-0.2, 0) is 15.9 Å². The number of ether oxygens (including phenoxy) is 6. The van der Waals surface area contributed by atoms with Crippen LogP contribution in [0.1, 0.15) is 17.2 Å². The second-order valence-electron chi connectivity index (χ2n) is 9.64. The van der Waals surface area contributed by atoms with Gasteiger partial charge >= 0.3 is 0 Å². The van der Waals surface area contributed by atoms with Crippen LogP contribution in [0.2, 0.25) is 0 Å². The van der Waals surface area contributed by atoms with Gasteiger partial charge in [0.2, 0.25) is 12.0 Å². The van der Waals surface area contributed by atoms with E-state index in [1.807, 2.05) is 0 Å². The Hall–Kier alpha value is -2.84. The van der Waals surface area contributed by atoms with Crippen LogP contribution >= 0.6 is 0 Å². The Kier molecular flexibility index (Phi) is 9.39. The molecular weight excluding hydrogens is 516 g/mol. The number of phenolic OH excluding ortho intramolecular Hbond substituents is 1. The molecule has 6 N–H and O–H groups in total. The van der Waals surface area contributed by atoms with Gasteiger partial charge in [-0.1, -0.05) is 6.07 Å². The fourth-order valence-electron chi connectivity index (χ4n) is 5.13. The van der Waals surface area contributed by atoms with Gasteiger partial charge in [0.05, 0.1) is 40.6 Å². The molecule has 2 saturated heterocycles. The van der Waals surface area contributed by atoms with E-state index in [0.29, 0.717) is 24.3 Å².